The molecule has 142 valence electrons. The maximum atomic E-state index is 12.6. The maximum absolute atomic E-state index is 12.6. The van der Waals surface area contributed by atoms with Gasteiger partial charge < -0.3 is 9.69 Å². The minimum atomic E-state index is -0.145. The van der Waals surface area contributed by atoms with Crippen molar-refractivity contribution in [1.29, 1.82) is 0 Å². The molecule has 1 unspecified atom stereocenters. The number of piperidine rings is 1. The zero-order valence-corrected chi connectivity index (χ0v) is 16.5. The summed E-state index contributed by atoms with van der Waals surface area (Å²) >= 11 is 0. The Bertz CT molecular complexity index is 792. The molecule has 27 heavy (non-hydrogen) atoms. The van der Waals surface area contributed by atoms with Gasteiger partial charge in [-0.15, -0.1) is 0 Å². The highest BCUT2D eigenvalue weighted by Crippen LogP contribution is 2.35. The van der Waals surface area contributed by atoms with Crippen molar-refractivity contribution in [2.24, 2.45) is 11.3 Å². The molecule has 3 nitrogen and oxygen atoms in total. The number of likely N-dealkylation sites (tertiary alicyclic amines) is 1. The van der Waals surface area contributed by atoms with Crippen molar-refractivity contribution in [1.82, 2.24) is 4.90 Å². The van der Waals surface area contributed by atoms with E-state index >= 15 is 0 Å². The Labute approximate surface area is 162 Å². The Morgan fingerprint density at radius 1 is 1.07 bits per heavy atom. The summed E-state index contributed by atoms with van der Waals surface area (Å²) in [5.74, 6) is 0.185. The highest BCUT2D eigenvalue weighted by Gasteiger charge is 2.33. The summed E-state index contributed by atoms with van der Waals surface area (Å²) in [5.41, 5.74) is 3.51. The van der Waals surface area contributed by atoms with Crippen molar-refractivity contribution in [3.63, 3.8) is 0 Å². The van der Waals surface area contributed by atoms with E-state index < -0.39 is 0 Å². The molecule has 2 atom stereocenters. The van der Waals surface area contributed by atoms with E-state index in [1.165, 1.54) is 16.7 Å². The average Bonchev–Trinajstić information content (AvgIpc) is 2.67. The molecule has 1 saturated heterocycles. The van der Waals surface area contributed by atoms with Crippen LogP contribution in [0.3, 0.4) is 0 Å². The summed E-state index contributed by atoms with van der Waals surface area (Å²) in [6, 6.07) is 18.8. The number of hydrogen-bond donors (Lipinski definition) is 0. The first-order chi connectivity index (χ1) is 12.9. The predicted octanol–water partition coefficient (Wildman–Crippen LogP) is 4.92. The van der Waals surface area contributed by atoms with Gasteiger partial charge in [-0.1, -0.05) is 75.4 Å². The molecule has 3 rings (SSSR count). The summed E-state index contributed by atoms with van der Waals surface area (Å²) in [7, 11) is 0. The molecule has 1 aliphatic rings. The summed E-state index contributed by atoms with van der Waals surface area (Å²) < 4.78 is 0. The van der Waals surface area contributed by atoms with Crippen molar-refractivity contribution in [2.45, 2.75) is 39.5 Å². The fraction of sp³-hybridized carbons (Fsp3) is 0.417. The molecule has 1 aliphatic heterocycles. The van der Waals surface area contributed by atoms with Crippen LogP contribution < -0.4 is 0 Å². The lowest BCUT2D eigenvalue weighted by Crippen LogP contribution is -2.44. The van der Waals surface area contributed by atoms with Gasteiger partial charge in [-0.05, 0) is 34.4 Å². The highest BCUT2D eigenvalue weighted by molar-refractivity contribution is 5.77. The van der Waals surface area contributed by atoms with Gasteiger partial charge >= 0.3 is 0 Å². The molecule has 0 bridgehead atoms. The fourth-order valence-electron chi connectivity index (χ4n) is 3.91. The molecule has 0 aliphatic carbocycles. The molecule has 1 heterocycles. The first kappa shape index (κ1) is 19.3. The van der Waals surface area contributed by atoms with Gasteiger partial charge in [0, 0.05) is 25.4 Å². The molecule has 2 aromatic carbocycles. The summed E-state index contributed by atoms with van der Waals surface area (Å²) in [6.07, 6.45) is 2.39. The fourth-order valence-corrected chi connectivity index (χ4v) is 3.91. The van der Waals surface area contributed by atoms with E-state index in [-0.39, 0.29) is 23.2 Å². The third-order valence-corrected chi connectivity index (χ3v) is 5.29. The summed E-state index contributed by atoms with van der Waals surface area (Å²) in [4.78, 5) is 26.3. The van der Waals surface area contributed by atoms with Gasteiger partial charge in [-0.3, -0.25) is 4.79 Å². The number of rotatable bonds is 4. The van der Waals surface area contributed by atoms with Gasteiger partial charge in [0.25, 0.3) is 0 Å². The first-order valence-electron chi connectivity index (χ1n) is 9.76. The number of benzene rings is 2. The Morgan fingerprint density at radius 3 is 2.44 bits per heavy atom. The lowest BCUT2D eigenvalue weighted by Gasteiger charge is -2.37. The predicted molar refractivity (Wildman–Crippen MR) is 109 cm³/mol. The van der Waals surface area contributed by atoms with Crippen LogP contribution in [0.2, 0.25) is 0 Å². The van der Waals surface area contributed by atoms with E-state index in [0.717, 1.165) is 19.3 Å². The summed E-state index contributed by atoms with van der Waals surface area (Å²) in [6.45, 7) is 7.47. The monoisotopic (exact) mass is 363 g/mol. The van der Waals surface area contributed by atoms with E-state index in [2.05, 4.69) is 57.2 Å². The molecular formula is C24H29NO2. The van der Waals surface area contributed by atoms with E-state index in [1.54, 1.807) is 0 Å². The molecule has 3 heteroatoms. The van der Waals surface area contributed by atoms with Crippen LogP contribution in [-0.4, -0.2) is 30.2 Å². The number of aldehydes is 1. The molecule has 1 fully saturated rings. The second-order valence-electron chi connectivity index (χ2n) is 8.76. The number of carbonyl (C=O) groups excluding carboxylic acids is 2. The molecular weight excluding hydrogens is 334 g/mol. The first-order valence-corrected chi connectivity index (χ1v) is 9.76. The number of carbonyl (C=O) groups is 2. The van der Waals surface area contributed by atoms with Gasteiger partial charge in [0.1, 0.15) is 6.29 Å². The second-order valence-corrected chi connectivity index (χ2v) is 8.76. The smallest absolute Gasteiger partial charge is 0.223 e. The van der Waals surface area contributed by atoms with Gasteiger partial charge in [-0.25, -0.2) is 0 Å². The van der Waals surface area contributed by atoms with E-state index in [4.69, 9.17) is 0 Å². The van der Waals surface area contributed by atoms with Crippen LogP contribution in [0.1, 0.15) is 45.1 Å². The second kappa shape index (κ2) is 8.08. The van der Waals surface area contributed by atoms with Gasteiger partial charge in [0.2, 0.25) is 5.91 Å². The Balaban J connectivity index is 1.77. The van der Waals surface area contributed by atoms with Crippen LogP contribution >= 0.6 is 0 Å². The Morgan fingerprint density at radius 2 is 1.78 bits per heavy atom. The third-order valence-electron chi connectivity index (χ3n) is 5.29. The quantitative estimate of drug-likeness (QED) is 0.723. The number of amides is 1. The average molecular weight is 364 g/mol. The zero-order chi connectivity index (χ0) is 19.4. The molecule has 0 spiro atoms. The lowest BCUT2D eigenvalue weighted by molar-refractivity contribution is -0.135. The largest absolute Gasteiger partial charge is 0.342 e. The number of hydrogen-bond acceptors (Lipinski definition) is 2. The van der Waals surface area contributed by atoms with Gasteiger partial charge in [0.05, 0.1) is 0 Å². The molecule has 0 radical (unpaired) electrons. The van der Waals surface area contributed by atoms with Crippen molar-refractivity contribution in [3.8, 4) is 11.1 Å². The summed E-state index contributed by atoms with van der Waals surface area (Å²) in [5, 5.41) is 0. The van der Waals surface area contributed by atoms with Crippen LogP contribution in [-0.2, 0) is 9.59 Å². The topological polar surface area (TPSA) is 37.4 Å². The van der Waals surface area contributed by atoms with Crippen molar-refractivity contribution in [2.75, 3.05) is 13.1 Å². The standard InChI is InChI=1S/C24H29NO2/c1-24(2,3)15-23(27)25-13-12-22(21(16-25)17-26)20-11-7-10-19(14-20)18-8-5-4-6-9-18/h4-11,14,17,21-22H,12-13,15-16H2,1-3H3/t21?,22-/m1/s1. The van der Waals surface area contributed by atoms with Crippen molar-refractivity contribution in [3.05, 3.63) is 60.2 Å². The lowest BCUT2D eigenvalue weighted by atomic mass is 9.80. The molecule has 0 N–H and O–H groups in total. The van der Waals surface area contributed by atoms with Crippen LogP contribution in [0, 0.1) is 11.3 Å². The van der Waals surface area contributed by atoms with Crippen LogP contribution in [0.25, 0.3) is 11.1 Å². The minimum Gasteiger partial charge on any atom is -0.342 e. The van der Waals surface area contributed by atoms with Crippen LogP contribution in [0.4, 0.5) is 0 Å². The van der Waals surface area contributed by atoms with E-state index in [1.807, 2.05) is 23.1 Å². The van der Waals surface area contributed by atoms with Gasteiger partial charge in [0.15, 0.2) is 0 Å². The van der Waals surface area contributed by atoms with Crippen molar-refractivity contribution >= 4 is 12.2 Å². The molecule has 1 amide bonds. The van der Waals surface area contributed by atoms with Gasteiger partial charge in [-0.2, -0.15) is 0 Å². The zero-order valence-electron chi connectivity index (χ0n) is 16.5. The third kappa shape index (κ3) is 4.85. The highest BCUT2D eigenvalue weighted by atomic mass is 16.2. The number of nitrogens with zero attached hydrogens (tertiary/aromatic N) is 1. The molecule has 0 aromatic heterocycles. The van der Waals surface area contributed by atoms with E-state index in [0.29, 0.717) is 13.0 Å². The van der Waals surface area contributed by atoms with Crippen LogP contribution in [0.5, 0.6) is 0 Å². The SMILES string of the molecule is CC(C)(C)CC(=O)N1CC[C@H](c2cccc(-c3ccccc3)c2)C(C=O)C1. The van der Waals surface area contributed by atoms with Crippen LogP contribution in [0.15, 0.2) is 54.6 Å². The van der Waals surface area contributed by atoms with Crippen molar-refractivity contribution < 1.29 is 9.59 Å². The molecule has 2 aromatic rings. The maximum Gasteiger partial charge on any atom is 0.223 e. The normalized spacial score (nSPS) is 20.3. The molecule has 0 saturated carbocycles. The van der Waals surface area contributed by atoms with E-state index in [9.17, 15) is 9.59 Å². The minimum absolute atomic E-state index is 0.0331. The Hall–Kier alpha value is -2.42. The Kier molecular flexibility index (Phi) is 5.79.